The average molecular weight is 403 g/mol. The number of rotatable bonds is 4. The molecule has 8 heteroatoms. The monoisotopic (exact) mass is 403 g/mol. The van der Waals surface area contributed by atoms with Crippen molar-refractivity contribution in [2.24, 2.45) is 0 Å². The molecule has 0 radical (unpaired) electrons. The van der Waals surface area contributed by atoms with Gasteiger partial charge in [-0.25, -0.2) is 9.97 Å². The largest absolute Gasteiger partial charge is 0.320 e. The number of para-hydroxylation sites is 1. The van der Waals surface area contributed by atoms with Gasteiger partial charge in [-0.1, -0.05) is 12.1 Å². The Bertz CT molecular complexity index is 1250. The molecular weight excluding hydrogens is 386 g/mol. The second-order valence-electron chi connectivity index (χ2n) is 6.46. The highest BCUT2D eigenvalue weighted by Gasteiger charge is 2.15. The summed E-state index contributed by atoms with van der Waals surface area (Å²) in [5.41, 5.74) is 2.40. The zero-order valence-electron chi connectivity index (χ0n) is 15.8. The highest BCUT2D eigenvalue weighted by molar-refractivity contribution is 7.99. The third-order valence-corrected chi connectivity index (χ3v) is 5.05. The third-order valence-electron chi connectivity index (χ3n) is 4.17. The summed E-state index contributed by atoms with van der Waals surface area (Å²) in [6.07, 6.45) is 0. The molecule has 29 heavy (non-hydrogen) atoms. The van der Waals surface area contributed by atoms with Crippen LogP contribution >= 0.6 is 11.8 Å². The van der Waals surface area contributed by atoms with E-state index >= 15 is 0 Å². The lowest BCUT2D eigenvalue weighted by Crippen LogP contribution is -2.24. The number of hydrogen-bond acceptors (Lipinski definition) is 6. The molecule has 0 aliphatic rings. The van der Waals surface area contributed by atoms with Gasteiger partial charge in [-0.05, 0) is 68.1 Å². The summed E-state index contributed by atoms with van der Waals surface area (Å²) in [5, 5.41) is 10.5. The van der Waals surface area contributed by atoms with Crippen molar-refractivity contribution in [1.82, 2.24) is 20.2 Å². The van der Waals surface area contributed by atoms with E-state index in [-0.39, 0.29) is 5.69 Å². The van der Waals surface area contributed by atoms with Gasteiger partial charge in [-0.3, -0.25) is 14.7 Å². The lowest BCUT2D eigenvalue weighted by molar-refractivity contribution is 0.102. The van der Waals surface area contributed by atoms with Gasteiger partial charge in [0, 0.05) is 27.4 Å². The minimum absolute atomic E-state index is 0.175. The van der Waals surface area contributed by atoms with Crippen LogP contribution in [-0.4, -0.2) is 26.1 Å². The number of carbonyl (C=O) groups excluding carboxylic acids is 1. The van der Waals surface area contributed by atoms with Gasteiger partial charge in [-0.15, -0.1) is 0 Å². The second kappa shape index (κ2) is 7.84. The maximum Gasteiger partial charge on any atom is 0.280 e. The maximum atomic E-state index is 12.5. The number of carbonyl (C=O) groups is 1. The van der Waals surface area contributed by atoms with Gasteiger partial charge < -0.3 is 5.32 Å². The molecule has 0 aliphatic heterocycles. The molecule has 2 N–H and O–H groups in total. The van der Waals surface area contributed by atoms with Crippen LogP contribution in [0.3, 0.4) is 0 Å². The van der Waals surface area contributed by atoms with E-state index in [1.54, 1.807) is 36.4 Å². The Labute approximate surface area is 170 Å². The minimum Gasteiger partial charge on any atom is -0.320 e. The maximum absolute atomic E-state index is 12.5. The Balaban J connectivity index is 1.51. The molecule has 0 bridgehead atoms. The van der Waals surface area contributed by atoms with Gasteiger partial charge >= 0.3 is 0 Å². The SMILES string of the molecule is Cc1cc(C)nc(Sc2ccc(NC(=O)c3n[nH]c4ccccc4c3=O)cc2)n1. The zero-order valence-corrected chi connectivity index (χ0v) is 16.6. The lowest BCUT2D eigenvalue weighted by Gasteiger charge is -2.07. The van der Waals surface area contributed by atoms with E-state index < -0.39 is 11.3 Å². The fourth-order valence-corrected chi connectivity index (χ4v) is 3.73. The number of fused-ring (bicyclic) bond motifs is 1. The molecular formula is C21H17N5O2S. The van der Waals surface area contributed by atoms with Gasteiger partial charge in [0.05, 0.1) is 5.52 Å². The molecule has 144 valence electrons. The van der Waals surface area contributed by atoms with Crippen LogP contribution in [0, 0.1) is 13.8 Å². The van der Waals surface area contributed by atoms with Gasteiger partial charge in [0.1, 0.15) is 0 Å². The first-order valence-electron chi connectivity index (χ1n) is 8.88. The van der Waals surface area contributed by atoms with Crippen LogP contribution in [0.4, 0.5) is 5.69 Å². The summed E-state index contributed by atoms with van der Waals surface area (Å²) in [4.78, 5) is 34.8. The van der Waals surface area contributed by atoms with E-state index in [4.69, 9.17) is 0 Å². The van der Waals surface area contributed by atoms with Crippen molar-refractivity contribution in [3.8, 4) is 0 Å². The predicted octanol–water partition coefficient (Wildman–Crippen LogP) is 3.73. The number of H-pyrrole nitrogens is 1. The van der Waals surface area contributed by atoms with E-state index in [9.17, 15) is 9.59 Å². The van der Waals surface area contributed by atoms with E-state index in [1.165, 1.54) is 11.8 Å². The van der Waals surface area contributed by atoms with Crippen LogP contribution < -0.4 is 10.7 Å². The molecule has 2 aromatic heterocycles. The first kappa shape index (κ1) is 18.8. The molecule has 7 nitrogen and oxygen atoms in total. The van der Waals surface area contributed by atoms with Crippen molar-refractivity contribution in [3.63, 3.8) is 0 Å². The van der Waals surface area contributed by atoms with Gasteiger partial charge in [-0.2, -0.15) is 5.10 Å². The summed E-state index contributed by atoms with van der Waals surface area (Å²) < 4.78 is 0. The van der Waals surface area contributed by atoms with Crippen molar-refractivity contribution >= 4 is 34.3 Å². The lowest BCUT2D eigenvalue weighted by atomic mass is 10.2. The van der Waals surface area contributed by atoms with E-state index in [2.05, 4.69) is 25.5 Å². The third kappa shape index (κ3) is 4.17. The standard InChI is InChI=1S/C21H17N5O2S/c1-12-11-13(2)23-21(22-12)29-15-9-7-14(8-10-15)24-20(28)18-19(27)16-5-3-4-6-17(16)25-26-18/h3-11H,1-2H3,(H,24,28)(H,25,27). The van der Waals surface area contributed by atoms with Crippen LogP contribution in [0.2, 0.25) is 0 Å². The second-order valence-corrected chi connectivity index (χ2v) is 7.50. The van der Waals surface area contributed by atoms with Crippen LogP contribution in [-0.2, 0) is 0 Å². The van der Waals surface area contributed by atoms with Gasteiger partial charge in [0.2, 0.25) is 5.43 Å². The number of amides is 1. The predicted molar refractivity (Wildman–Crippen MR) is 112 cm³/mol. The zero-order chi connectivity index (χ0) is 20.4. The minimum atomic E-state index is -0.560. The molecule has 0 saturated heterocycles. The van der Waals surface area contributed by atoms with Crippen molar-refractivity contribution in [1.29, 1.82) is 0 Å². The average Bonchev–Trinajstić information content (AvgIpc) is 2.69. The molecule has 2 heterocycles. The number of nitrogens with zero attached hydrogens (tertiary/aromatic N) is 3. The molecule has 0 saturated carbocycles. The summed E-state index contributed by atoms with van der Waals surface area (Å²) in [7, 11) is 0. The van der Waals surface area contributed by atoms with Crippen LogP contribution in [0.25, 0.3) is 10.9 Å². The normalized spacial score (nSPS) is 10.8. The fourth-order valence-electron chi connectivity index (χ4n) is 2.87. The molecule has 0 spiro atoms. The Kier molecular flexibility index (Phi) is 5.09. The number of nitrogens with one attached hydrogen (secondary N) is 2. The molecule has 1 amide bonds. The van der Waals surface area contributed by atoms with E-state index in [0.717, 1.165) is 16.3 Å². The number of aromatic nitrogens is 4. The summed E-state index contributed by atoms with van der Waals surface area (Å²) in [6, 6.07) is 16.1. The van der Waals surface area contributed by atoms with E-state index in [1.807, 2.05) is 32.0 Å². The quantitative estimate of drug-likeness (QED) is 0.504. The van der Waals surface area contributed by atoms with Crippen LogP contribution in [0.5, 0.6) is 0 Å². The Hall–Kier alpha value is -3.52. The molecule has 0 atom stereocenters. The topological polar surface area (TPSA) is 101 Å². The smallest absolute Gasteiger partial charge is 0.280 e. The van der Waals surface area contributed by atoms with Crippen LogP contribution in [0.15, 0.2) is 69.4 Å². The first-order valence-corrected chi connectivity index (χ1v) is 9.70. The van der Waals surface area contributed by atoms with Crippen molar-refractivity contribution < 1.29 is 4.79 Å². The number of aromatic amines is 1. The summed E-state index contributed by atoms with van der Waals surface area (Å²) in [6.45, 7) is 3.86. The number of hydrogen-bond donors (Lipinski definition) is 2. The molecule has 4 rings (SSSR count). The van der Waals surface area contributed by atoms with Gasteiger partial charge in [0.15, 0.2) is 10.9 Å². The summed E-state index contributed by atoms with van der Waals surface area (Å²) in [5.74, 6) is -0.560. The molecule has 2 aromatic carbocycles. The number of benzene rings is 2. The highest BCUT2D eigenvalue weighted by Crippen LogP contribution is 2.26. The van der Waals surface area contributed by atoms with Crippen molar-refractivity contribution in [3.05, 3.63) is 81.9 Å². The molecule has 0 unspecified atom stereocenters. The molecule has 0 fully saturated rings. The highest BCUT2D eigenvalue weighted by atomic mass is 32.2. The number of anilines is 1. The van der Waals surface area contributed by atoms with Gasteiger partial charge in [0.25, 0.3) is 5.91 Å². The Morgan fingerprint density at radius 1 is 1.00 bits per heavy atom. The van der Waals surface area contributed by atoms with E-state index in [0.29, 0.717) is 21.7 Å². The first-order chi connectivity index (χ1) is 14.0. The number of aryl methyl sites for hydroxylation is 2. The molecule has 0 aliphatic carbocycles. The van der Waals surface area contributed by atoms with Crippen LogP contribution in [0.1, 0.15) is 21.9 Å². The molecule has 4 aromatic rings. The van der Waals surface area contributed by atoms with Crippen molar-refractivity contribution in [2.75, 3.05) is 5.32 Å². The Morgan fingerprint density at radius 3 is 2.41 bits per heavy atom. The fraction of sp³-hybridized carbons (Fsp3) is 0.0952. The Morgan fingerprint density at radius 2 is 1.69 bits per heavy atom. The van der Waals surface area contributed by atoms with Crippen molar-refractivity contribution in [2.45, 2.75) is 23.9 Å². The summed E-state index contributed by atoms with van der Waals surface area (Å²) >= 11 is 1.44.